The minimum absolute atomic E-state index is 0.321. The molecule has 0 N–H and O–H groups in total. The van der Waals surface area contributed by atoms with Gasteiger partial charge in [-0.15, -0.1) is 0 Å². The number of morpholine rings is 1. The van der Waals surface area contributed by atoms with Crippen LogP contribution in [0.15, 0.2) is 54.7 Å². The van der Waals surface area contributed by atoms with Gasteiger partial charge in [0.1, 0.15) is 22.6 Å². The number of pyridine rings is 1. The highest BCUT2D eigenvalue weighted by Crippen LogP contribution is 2.32. The minimum atomic E-state index is -3.61. The lowest BCUT2D eigenvalue weighted by Gasteiger charge is -2.28. The lowest BCUT2D eigenvalue weighted by Crippen LogP contribution is -2.37. The van der Waals surface area contributed by atoms with E-state index in [1.54, 1.807) is 24.4 Å². The molecule has 1 aromatic carbocycles. The third-order valence-corrected chi connectivity index (χ3v) is 6.20. The average Bonchev–Trinajstić information content (AvgIpc) is 2.75. The molecule has 0 bridgehead atoms. The summed E-state index contributed by atoms with van der Waals surface area (Å²) in [5, 5.41) is -1.05. The van der Waals surface area contributed by atoms with Gasteiger partial charge in [0.15, 0.2) is 15.7 Å². The molecule has 156 valence electrons. The van der Waals surface area contributed by atoms with E-state index >= 15 is 0 Å². The molecule has 0 aliphatic carbocycles. The minimum Gasteiger partial charge on any atom is -0.378 e. The first-order valence-corrected chi connectivity index (χ1v) is 11.4. The van der Waals surface area contributed by atoms with E-state index in [-0.39, 0.29) is 0 Å². The summed E-state index contributed by atoms with van der Waals surface area (Å²) >= 11 is 0. The fourth-order valence-corrected chi connectivity index (χ4v) is 4.64. The van der Waals surface area contributed by atoms with Gasteiger partial charge in [-0.05, 0) is 29.8 Å². The predicted octanol–water partition coefficient (Wildman–Crippen LogP) is 2.65. The summed E-state index contributed by atoms with van der Waals surface area (Å²) in [4.78, 5) is 15.5. The Bertz CT molecular complexity index is 1120. The van der Waals surface area contributed by atoms with Gasteiger partial charge in [0.05, 0.1) is 18.9 Å². The van der Waals surface area contributed by atoms with Crippen molar-refractivity contribution in [2.24, 2.45) is 0 Å². The Morgan fingerprint density at radius 1 is 1.07 bits per heavy atom. The van der Waals surface area contributed by atoms with Crippen molar-refractivity contribution in [3.8, 4) is 11.5 Å². The average molecular weight is 428 g/mol. The molecule has 1 fully saturated rings. The summed E-state index contributed by atoms with van der Waals surface area (Å²) < 4.78 is 44.4. The number of anilines is 1. The van der Waals surface area contributed by atoms with Gasteiger partial charge < -0.3 is 9.64 Å². The number of rotatable bonds is 5. The molecular formula is C21H21FN4O3S. The second-order valence-corrected chi connectivity index (χ2v) is 9.18. The number of nitrogens with zero attached hydrogens (tertiary/aromatic N) is 4. The number of benzene rings is 1. The van der Waals surface area contributed by atoms with Gasteiger partial charge in [0.25, 0.3) is 0 Å². The maximum Gasteiger partial charge on any atom is 0.180 e. The van der Waals surface area contributed by atoms with Crippen molar-refractivity contribution in [1.82, 2.24) is 15.0 Å². The number of aromatic nitrogens is 3. The first-order valence-electron chi connectivity index (χ1n) is 9.49. The van der Waals surface area contributed by atoms with Crippen LogP contribution in [0, 0.1) is 5.82 Å². The summed E-state index contributed by atoms with van der Waals surface area (Å²) in [6, 6.07) is 12.5. The van der Waals surface area contributed by atoms with Crippen molar-refractivity contribution < 1.29 is 17.5 Å². The van der Waals surface area contributed by atoms with E-state index in [1.165, 1.54) is 24.3 Å². The zero-order valence-corrected chi connectivity index (χ0v) is 17.2. The van der Waals surface area contributed by atoms with Gasteiger partial charge in [-0.3, -0.25) is 4.98 Å². The van der Waals surface area contributed by atoms with Gasteiger partial charge in [-0.2, -0.15) is 0 Å². The summed E-state index contributed by atoms with van der Waals surface area (Å²) in [6.07, 6.45) is 2.78. The molecule has 9 heteroatoms. The summed E-state index contributed by atoms with van der Waals surface area (Å²) in [7, 11) is -3.61. The topological polar surface area (TPSA) is 85.3 Å². The van der Waals surface area contributed by atoms with Crippen molar-refractivity contribution in [3.63, 3.8) is 0 Å². The van der Waals surface area contributed by atoms with Crippen molar-refractivity contribution >= 4 is 15.7 Å². The van der Waals surface area contributed by atoms with Crippen molar-refractivity contribution in [2.75, 3.05) is 37.5 Å². The van der Waals surface area contributed by atoms with E-state index in [1.807, 2.05) is 11.0 Å². The molecule has 1 aliphatic heterocycles. The fraction of sp³-hybridized carbons (Fsp3) is 0.286. The molecule has 4 rings (SSSR count). The normalized spacial score (nSPS) is 15.7. The van der Waals surface area contributed by atoms with Crippen molar-refractivity contribution in [3.05, 3.63) is 71.8 Å². The molecule has 3 aromatic rings. The van der Waals surface area contributed by atoms with E-state index in [0.29, 0.717) is 54.9 Å². The highest BCUT2D eigenvalue weighted by Gasteiger charge is 2.29. The summed E-state index contributed by atoms with van der Waals surface area (Å²) in [5.74, 6) is 0.516. The second kappa shape index (κ2) is 8.45. The number of hydrogen-bond acceptors (Lipinski definition) is 7. The quantitative estimate of drug-likeness (QED) is 0.618. The Hall–Kier alpha value is -2.91. The van der Waals surface area contributed by atoms with Crippen LogP contribution in [0.5, 0.6) is 0 Å². The lowest BCUT2D eigenvalue weighted by atomic mass is 10.1. The monoisotopic (exact) mass is 428 g/mol. The molecule has 2 aromatic heterocycles. The zero-order chi connectivity index (χ0) is 21.1. The smallest absolute Gasteiger partial charge is 0.180 e. The van der Waals surface area contributed by atoms with Crippen LogP contribution < -0.4 is 4.90 Å². The molecular weight excluding hydrogens is 407 g/mol. The Balaban J connectivity index is 1.88. The largest absolute Gasteiger partial charge is 0.378 e. The number of sulfone groups is 1. The molecule has 0 amide bonds. The first-order chi connectivity index (χ1) is 14.4. The predicted molar refractivity (Wildman–Crippen MR) is 111 cm³/mol. The van der Waals surface area contributed by atoms with E-state index < -0.39 is 20.9 Å². The Labute approximate surface area is 174 Å². The molecule has 1 unspecified atom stereocenters. The van der Waals surface area contributed by atoms with Crippen LogP contribution in [-0.4, -0.2) is 55.9 Å². The second-order valence-electron chi connectivity index (χ2n) is 7.05. The van der Waals surface area contributed by atoms with Gasteiger partial charge in [-0.1, -0.05) is 18.2 Å². The third kappa shape index (κ3) is 4.47. The zero-order valence-electron chi connectivity index (χ0n) is 16.4. The highest BCUT2D eigenvalue weighted by atomic mass is 32.2. The SMILES string of the molecule is CS(=O)(=O)C(c1ccc(F)cc1)c1cc(N2CCOCC2)nc(-c2ccccn2)n1. The molecule has 1 atom stereocenters. The number of hydrogen-bond donors (Lipinski definition) is 0. The van der Waals surface area contributed by atoms with Crippen LogP contribution in [0.1, 0.15) is 16.5 Å². The molecule has 3 heterocycles. The van der Waals surface area contributed by atoms with E-state index in [0.717, 1.165) is 6.26 Å². The molecule has 1 saturated heterocycles. The van der Waals surface area contributed by atoms with Crippen LogP contribution in [0.3, 0.4) is 0 Å². The highest BCUT2D eigenvalue weighted by molar-refractivity contribution is 7.91. The maximum absolute atomic E-state index is 13.4. The van der Waals surface area contributed by atoms with Crippen LogP contribution >= 0.6 is 0 Å². The fourth-order valence-electron chi connectivity index (χ4n) is 3.43. The molecule has 30 heavy (non-hydrogen) atoms. The third-order valence-electron chi connectivity index (χ3n) is 4.83. The maximum atomic E-state index is 13.4. The van der Waals surface area contributed by atoms with Crippen LogP contribution in [0.25, 0.3) is 11.5 Å². The van der Waals surface area contributed by atoms with E-state index in [2.05, 4.69) is 15.0 Å². The standard InChI is InChI=1S/C21H21FN4O3S/c1-30(27,28)20(15-5-7-16(22)8-6-15)18-14-19(26-10-12-29-13-11-26)25-21(24-18)17-4-2-3-9-23-17/h2-9,14,20H,10-13H2,1H3. The molecule has 0 spiro atoms. The van der Waals surface area contributed by atoms with Gasteiger partial charge in [0, 0.05) is 31.6 Å². The van der Waals surface area contributed by atoms with Crippen molar-refractivity contribution in [1.29, 1.82) is 0 Å². The Kier molecular flexibility index (Phi) is 5.74. The van der Waals surface area contributed by atoms with E-state index in [4.69, 9.17) is 4.74 Å². The van der Waals surface area contributed by atoms with Gasteiger partial charge in [-0.25, -0.2) is 22.8 Å². The molecule has 0 saturated carbocycles. The summed E-state index contributed by atoms with van der Waals surface area (Å²) in [5.41, 5.74) is 1.30. The molecule has 7 nitrogen and oxygen atoms in total. The number of ether oxygens (including phenoxy) is 1. The van der Waals surface area contributed by atoms with Crippen molar-refractivity contribution in [2.45, 2.75) is 5.25 Å². The molecule has 1 aliphatic rings. The van der Waals surface area contributed by atoms with Crippen LogP contribution in [0.2, 0.25) is 0 Å². The Morgan fingerprint density at radius 2 is 1.80 bits per heavy atom. The first kappa shape index (κ1) is 20.4. The van der Waals surface area contributed by atoms with Crippen LogP contribution in [-0.2, 0) is 14.6 Å². The molecule has 0 radical (unpaired) electrons. The lowest BCUT2D eigenvalue weighted by molar-refractivity contribution is 0.122. The van der Waals surface area contributed by atoms with Gasteiger partial charge >= 0.3 is 0 Å². The van der Waals surface area contributed by atoms with Gasteiger partial charge in [0.2, 0.25) is 0 Å². The number of halogens is 1. The Morgan fingerprint density at radius 3 is 2.43 bits per heavy atom. The van der Waals surface area contributed by atoms with E-state index in [9.17, 15) is 12.8 Å². The van der Waals surface area contributed by atoms with Crippen LogP contribution in [0.4, 0.5) is 10.2 Å². The summed E-state index contributed by atoms with van der Waals surface area (Å²) in [6.45, 7) is 2.40.